The average molecular weight is 119 g/mol. The van der Waals surface area contributed by atoms with E-state index >= 15 is 0 Å². The molecule has 0 heterocycles. The molecule has 1 radical (unpaired) electrons. The second-order valence-corrected chi connectivity index (χ2v) is 0.519. The number of carboxylic acids is 1. The standard InChI is InChI=1S/C2H4O2.Mn.4H/c1-2(3)4;;;;;/h1H3,(H,3,4);;;;;/q;;4*-1. The summed E-state index contributed by atoms with van der Waals surface area (Å²) < 4.78 is 0. The van der Waals surface area contributed by atoms with Crippen molar-refractivity contribution < 1.29 is 32.7 Å². The monoisotopic (exact) mass is 119 g/mol. The van der Waals surface area contributed by atoms with Gasteiger partial charge >= 0.3 is 0 Å². The van der Waals surface area contributed by atoms with E-state index in [1.165, 1.54) is 0 Å². The van der Waals surface area contributed by atoms with E-state index in [9.17, 15) is 0 Å². The molecule has 5 heavy (non-hydrogen) atoms. The minimum Gasteiger partial charge on any atom is -1.00 e. The molecule has 0 fully saturated rings. The van der Waals surface area contributed by atoms with Gasteiger partial charge in [-0.2, -0.15) is 0 Å². The predicted molar refractivity (Wildman–Crippen MR) is 17.8 cm³/mol. The summed E-state index contributed by atoms with van der Waals surface area (Å²) in [5.41, 5.74) is 0. The number of rotatable bonds is 0. The van der Waals surface area contributed by atoms with Crippen LogP contribution >= 0.6 is 0 Å². The topological polar surface area (TPSA) is 37.3 Å². The van der Waals surface area contributed by atoms with Crippen LogP contribution in [-0.2, 0) is 21.9 Å². The van der Waals surface area contributed by atoms with E-state index in [4.69, 9.17) is 9.90 Å². The first kappa shape index (κ1) is 8.89. The molecule has 3 heteroatoms. The molecule has 0 aromatic heterocycles. The number of hydrogen-bond acceptors (Lipinski definition) is 1. The Bertz CT molecular complexity index is 39.5. The van der Waals surface area contributed by atoms with Gasteiger partial charge in [0.2, 0.25) is 0 Å². The summed E-state index contributed by atoms with van der Waals surface area (Å²) in [6.45, 7) is 1.08. The van der Waals surface area contributed by atoms with E-state index in [-0.39, 0.29) is 22.8 Å². The van der Waals surface area contributed by atoms with E-state index in [2.05, 4.69) is 0 Å². The Morgan fingerprint density at radius 3 is 2.00 bits per heavy atom. The first-order valence-corrected chi connectivity index (χ1v) is 0.928. The smallest absolute Gasteiger partial charge is 0.300 e. The number of hydrogen-bond donors (Lipinski definition) is 1. The van der Waals surface area contributed by atoms with Crippen LogP contribution in [-0.4, -0.2) is 11.1 Å². The maximum absolute atomic E-state index is 9.00. The van der Waals surface area contributed by atoms with Crippen LogP contribution in [0, 0.1) is 0 Å². The summed E-state index contributed by atoms with van der Waals surface area (Å²) in [5, 5.41) is 7.42. The Morgan fingerprint density at radius 2 is 2.00 bits per heavy atom. The fourth-order valence-electron chi connectivity index (χ4n) is 0. The van der Waals surface area contributed by atoms with E-state index in [0.717, 1.165) is 6.92 Å². The molecular weight excluding hydrogens is 111 g/mol. The molecule has 0 saturated carbocycles. The molecule has 0 aliphatic heterocycles. The summed E-state index contributed by atoms with van der Waals surface area (Å²) in [4.78, 5) is 9.00. The molecule has 0 unspecified atom stereocenters. The van der Waals surface area contributed by atoms with E-state index in [0.29, 0.717) is 0 Å². The van der Waals surface area contributed by atoms with Crippen molar-refractivity contribution in [3.05, 3.63) is 0 Å². The molecule has 0 amide bonds. The van der Waals surface area contributed by atoms with Gasteiger partial charge in [-0.05, 0) is 0 Å². The Balaban J connectivity index is -0.00000000450. The summed E-state index contributed by atoms with van der Waals surface area (Å²) in [5.74, 6) is -0.833. The molecule has 0 atom stereocenters. The Kier molecular flexibility index (Phi) is 7.09. The van der Waals surface area contributed by atoms with E-state index in [1.54, 1.807) is 0 Å². The average Bonchev–Trinajstić information content (AvgIpc) is 0.811. The van der Waals surface area contributed by atoms with Gasteiger partial charge in [0.1, 0.15) is 0 Å². The molecular formula is C2H8MnO2-4. The third kappa shape index (κ3) is 143000. The predicted octanol–water partition coefficient (Wildman–Crippen LogP) is 0.538. The van der Waals surface area contributed by atoms with Gasteiger partial charge in [-0.1, -0.05) is 0 Å². The van der Waals surface area contributed by atoms with Gasteiger partial charge in [-0.3, -0.25) is 4.79 Å². The second kappa shape index (κ2) is 3.99. The minimum atomic E-state index is -0.833. The fourth-order valence-corrected chi connectivity index (χ4v) is 0. The van der Waals surface area contributed by atoms with Gasteiger partial charge in [0.25, 0.3) is 5.97 Å². The van der Waals surface area contributed by atoms with Gasteiger partial charge < -0.3 is 10.8 Å². The van der Waals surface area contributed by atoms with Gasteiger partial charge in [0.05, 0.1) is 0 Å². The summed E-state index contributed by atoms with van der Waals surface area (Å²) in [6.07, 6.45) is 0. The van der Waals surface area contributed by atoms with Crippen LogP contribution in [0.1, 0.15) is 12.6 Å². The largest absolute Gasteiger partial charge is 1.00 e. The van der Waals surface area contributed by atoms with Crippen molar-refractivity contribution >= 4 is 5.97 Å². The first-order chi connectivity index (χ1) is 1.73. The zero-order valence-electron chi connectivity index (χ0n) is 6.73. The van der Waals surface area contributed by atoms with Crippen LogP contribution in [0.2, 0.25) is 0 Å². The van der Waals surface area contributed by atoms with E-state index in [1.807, 2.05) is 0 Å². The van der Waals surface area contributed by atoms with Crippen molar-refractivity contribution in [2.24, 2.45) is 0 Å². The third-order valence-electron chi connectivity index (χ3n) is 0. The van der Waals surface area contributed by atoms with Crippen molar-refractivity contribution in [1.29, 1.82) is 0 Å². The first-order valence-electron chi connectivity index (χ1n) is 0.928. The fraction of sp³-hybridized carbons (Fsp3) is 0.500. The van der Waals surface area contributed by atoms with Crippen molar-refractivity contribution in [3.63, 3.8) is 0 Å². The van der Waals surface area contributed by atoms with Crippen LogP contribution in [0.25, 0.3) is 0 Å². The quantitative estimate of drug-likeness (QED) is 0.472. The molecule has 0 aliphatic carbocycles. The van der Waals surface area contributed by atoms with Crippen molar-refractivity contribution in [2.45, 2.75) is 6.92 Å². The molecule has 2 nitrogen and oxygen atoms in total. The zero-order valence-corrected chi connectivity index (χ0v) is 3.91. The normalized spacial score (nSPS) is 5.00. The van der Waals surface area contributed by atoms with Crippen molar-refractivity contribution in [1.82, 2.24) is 0 Å². The van der Waals surface area contributed by atoms with E-state index < -0.39 is 5.97 Å². The van der Waals surface area contributed by atoms with Crippen LogP contribution in [0.3, 0.4) is 0 Å². The van der Waals surface area contributed by atoms with Crippen LogP contribution < -0.4 is 0 Å². The van der Waals surface area contributed by atoms with Gasteiger partial charge in [-0.25, -0.2) is 0 Å². The van der Waals surface area contributed by atoms with Gasteiger partial charge in [0, 0.05) is 24.0 Å². The van der Waals surface area contributed by atoms with Crippen LogP contribution in [0.4, 0.5) is 0 Å². The summed E-state index contributed by atoms with van der Waals surface area (Å²) in [7, 11) is 0. The third-order valence-corrected chi connectivity index (χ3v) is 0. The Morgan fingerprint density at radius 1 is 2.00 bits per heavy atom. The second-order valence-electron chi connectivity index (χ2n) is 0.519. The summed E-state index contributed by atoms with van der Waals surface area (Å²) in [6, 6.07) is 0. The van der Waals surface area contributed by atoms with Gasteiger partial charge in [0.15, 0.2) is 0 Å². The summed E-state index contributed by atoms with van der Waals surface area (Å²) >= 11 is 0. The molecule has 0 aliphatic rings. The molecule has 0 bridgehead atoms. The molecule has 0 spiro atoms. The molecule has 0 aromatic carbocycles. The van der Waals surface area contributed by atoms with Crippen LogP contribution in [0.15, 0.2) is 0 Å². The Labute approximate surface area is 46.6 Å². The molecule has 0 saturated heterocycles. The molecule has 1 N–H and O–H groups in total. The number of aliphatic carboxylic acids is 1. The minimum absolute atomic E-state index is 0. The SMILES string of the molecule is CC(=O)O.[H-].[H-].[H-].[H-].[Mn]. The molecule has 0 aromatic rings. The van der Waals surface area contributed by atoms with Crippen molar-refractivity contribution in [2.75, 3.05) is 0 Å². The Hall–Kier alpha value is -0.0105. The maximum Gasteiger partial charge on any atom is 0.300 e. The van der Waals surface area contributed by atoms with Crippen molar-refractivity contribution in [3.8, 4) is 0 Å². The number of carbonyl (C=O) groups is 1. The molecule has 0 rings (SSSR count). The maximum atomic E-state index is 9.00. The zero-order chi connectivity index (χ0) is 3.58. The van der Waals surface area contributed by atoms with Gasteiger partial charge in [-0.15, -0.1) is 0 Å². The molecule has 39 valence electrons. The van der Waals surface area contributed by atoms with Crippen LogP contribution in [0.5, 0.6) is 0 Å². The number of carboxylic acid groups (broad SMARTS) is 1.